The predicted molar refractivity (Wildman–Crippen MR) is 55.2 cm³/mol. The third-order valence-corrected chi connectivity index (χ3v) is 2.16. The van der Waals surface area contributed by atoms with Crippen LogP contribution in [0.25, 0.3) is 0 Å². The molecule has 0 aliphatic carbocycles. The summed E-state index contributed by atoms with van der Waals surface area (Å²) in [4.78, 5) is 3.20. The first-order valence-electron chi connectivity index (χ1n) is 3.88. The van der Waals surface area contributed by atoms with Crippen molar-refractivity contribution in [2.75, 3.05) is 0 Å². The molecule has 6 heteroatoms. The van der Waals surface area contributed by atoms with Crippen molar-refractivity contribution in [3.63, 3.8) is 0 Å². The van der Waals surface area contributed by atoms with Crippen molar-refractivity contribution < 1.29 is 13.2 Å². The van der Waals surface area contributed by atoms with Crippen molar-refractivity contribution in [3.05, 3.63) is 28.8 Å². The standard InChI is InChI=1S/C9H6Cl2F3N/c1-5-2-3-7(6(10)4-5)15-8(11)9(12,13)14/h2-4H,1H3. The Morgan fingerprint density at radius 2 is 1.93 bits per heavy atom. The number of alkyl halides is 3. The molecule has 0 atom stereocenters. The van der Waals surface area contributed by atoms with Gasteiger partial charge in [0.25, 0.3) is 0 Å². The minimum Gasteiger partial charge on any atom is -0.231 e. The number of nitrogens with zero attached hydrogens (tertiary/aromatic N) is 1. The molecule has 0 N–H and O–H groups in total. The molecule has 15 heavy (non-hydrogen) atoms. The Hall–Kier alpha value is -0.740. The highest BCUT2D eigenvalue weighted by atomic mass is 35.5. The highest BCUT2D eigenvalue weighted by Crippen LogP contribution is 2.29. The molecule has 1 nitrogen and oxygen atoms in total. The number of aliphatic imine (C=N–C) groups is 1. The molecule has 0 aliphatic rings. The maximum Gasteiger partial charge on any atom is 0.444 e. The van der Waals surface area contributed by atoms with E-state index in [0.29, 0.717) is 0 Å². The Labute approximate surface area is 94.5 Å². The van der Waals surface area contributed by atoms with Gasteiger partial charge in [0.2, 0.25) is 5.17 Å². The molecule has 0 aliphatic heterocycles. The van der Waals surface area contributed by atoms with Gasteiger partial charge in [-0.2, -0.15) is 13.2 Å². The maximum absolute atomic E-state index is 12.0. The Morgan fingerprint density at radius 3 is 2.40 bits per heavy atom. The second-order valence-electron chi connectivity index (χ2n) is 2.86. The molecule has 0 saturated heterocycles. The van der Waals surface area contributed by atoms with Gasteiger partial charge in [-0.1, -0.05) is 29.3 Å². The molecule has 0 unspecified atom stereocenters. The summed E-state index contributed by atoms with van der Waals surface area (Å²) in [5.41, 5.74) is 0.840. The first kappa shape index (κ1) is 12.3. The molecule has 0 bridgehead atoms. The van der Waals surface area contributed by atoms with Crippen molar-refractivity contribution >= 4 is 34.1 Å². The lowest BCUT2D eigenvalue weighted by molar-refractivity contribution is -0.0558. The summed E-state index contributed by atoms with van der Waals surface area (Å²) in [6, 6.07) is 4.50. The summed E-state index contributed by atoms with van der Waals surface area (Å²) in [7, 11) is 0. The van der Waals surface area contributed by atoms with Crippen LogP contribution in [0.4, 0.5) is 18.9 Å². The zero-order valence-electron chi connectivity index (χ0n) is 7.57. The van der Waals surface area contributed by atoms with Crippen LogP contribution < -0.4 is 0 Å². The highest BCUT2D eigenvalue weighted by molar-refractivity contribution is 6.67. The summed E-state index contributed by atoms with van der Waals surface area (Å²) in [5, 5.41) is -1.30. The van der Waals surface area contributed by atoms with Gasteiger partial charge in [0.15, 0.2) is 0 Å². The average molecular weight is 256 g/mol. The van der Waals surface area contributed by atoms with E-state index in [9.17, 15) is 13.2 Å². The lowest BCUT2D eigenvalue weighted by atomic mass is 10.2. The van der Waals surface area contributed by atoms with Crippen molar-refractivity contribution in [3.8, 4) is 0 Å². The molecule has 1 aromatic carbocycles. The van der Waals surface area contributed by atoms with Crippen LogP contribution in [0.15, 0.2) is 23.2 Å². The normalized spacial score (nSPS) is 13.1. The van der Waals surface area contributed by atoms with Gasteiger partial charge in [-0.3, -0.25) is 0 Å². The van der Waals surface area contributed by atoms with Crippen molar-refractivity contribution in [1.29, 1.82) is 0 Å². The fourth-order valence-corrected chi connectivity index (χ4v) is 1.24. The number of rotatable bonds is 1. The van der Waals surface area contributed by atoms with Gasteiger partial charge in [-0.15, -0.1) is 0 Å². The molecule has 0 aromatic heterocycles. The zero-order valence-corrected chi connectivity index (χ0v) is 9.08. The van der Waals surface area contributed by atoms with E-state index >= 15 is 0 Å². The summed E-state index contributed by atoms with van der Waals surface area (Å²) >= 11 is 10.7. The van der Waals surface area contributed by atoms with E-state index in [4.69, 9.17) is 23.2 Å². The summed E-state index contributed by atoms with van der Waals surface area (Å²) < 4.78 is 36.1. The fraction of sp³-hybridized carbons (Fsp3) is 0.222. The molecule has 0 spiro atoms. The molecular formula is C9H6Cl2F3N. The van der Waals surface area contributed by atoms with Gasteiger partial charge in [0.1, 0.15) is 0 Å². The number of hydrogen-bond acceptors (Lipinski definition) is 1. The SMILES string of the molecule is Cc1ccc(N=C(Cl)C(F)(F)F)c(Cl)c1. The predicted octanol–water partition coefficient (Wildman–Crippen LogP) is 4.48. The molecule has 0 heterocycles. The van der Waals surface area contributed by atoms with E-state index in [1.807, 2.05) is 0 Å². The van der Waals surface area contributed by atoms with Crippen molar-refractivity contribution in [2.45, 2.75) is 13.1 Å². The quantitative estimate of drug-likeness (QED) is 0.657. The monoisotopic (exact) mass is 255 g/mol. The third kappa shape index (κ3) is 3.39. The molecule has 1 rings (SSSR count). The first-order valence-corrected chi connectivity index (χ1v) is 4.64. The minimum absolute atomic E-state index is 0.00425. The van der Waals surface area contributed by atoms with E-state index in [0.717, 1.165) is 5.56 Å². The lowest BCUT2D eigenvalue weighted by Gasteiger charge is -2.04. The smallest absolute Gasteiger partial charge is 0.231 e. The second kappa shape index (κ2) is 4.41. The fourth-order valence-electron chi connectivity index (χ4n) is 0.872. The van der Waals surface area contributed by atoms with E-state index < -0.39 is 11.3 Å². The zero-order chi connectivity index (χ0) is 11.6. The summed E-state index contributed by atoms with van der Waals surface area (Å²) in [6.07, 6.45) is -4.64. The Morgan fingerprint density at radius 1 is 1.33 bits per heavy atom. The molecule has 0 saturated carbocycles. The molecule has 0 radical (unpaired) electrons. The molecule has 0 amide bonds. The van der Waals surface area contributed by atoms with E-state index in [2.05, 4.69) is 4.99 Å². The second-order valence-corrected chi connectivity index (χ2v) is 3.62. The first-order chi connectivity index (χ1) is 6.80. The lowest BCUT2D eigenvalue weighted by Crippen LogP contribution is -2.16. The molecule has 0 fully saturated rings. The van der Waals surface area contributed by atoms with Gasteiger partial charge in [-0.25, -0.2) is 4.99 Å². The van der Waals surface area contributed by atoms with Crippen LogP contribution in [0.5, 0.6) is 0 Å². The maximum atomic E-state index is 12.0. The van der Waals surface area contributed by atoms with Crippen LogP contribution in [0.2, 0.25) is 5.02 Å². The van der Waals surface area contributed by atoms with Gasteiger partial charge in [-0.05, 0) is 24.6 Å². The molecule has 82 valence electrons. The van der Waals surface area contributed by atoms with Gasteiger partial charge >= 0.3 is 6.18 Å². The van der Waals surface area contributed by atoms with Crippen LogP contribution in [0.1, 0.15) is 5.56 Å². The number of hydrogen-bond donors (Lipinski definition) is 0. The van der Waals surface area contributed by atoms with Crippen LogP contribution >= 0.6 is 23.2 Å². The summed E-state index contributed by atoms with van der Waals surface area (Å²) in [6.45, 7) is 1.77. The highest BCUT2D eigenvalue weighted by Gasteiger charge is 2.34. The third-order valence-electron chi connectivity index (χ3n) is 1.56. The van der Waals surface area contributed by atoms with Crippen LogP contribution in [-0.2, 0) is 0 Å². The van der Waals surface area contributed by atoms with Gasteiger partial charge < -0.3 is 0 Å². The van der Waals surface area contributed by atoms with Gasteiger partial charge in [0, 0.05) is 0 Å². The van der Waals surface area contributed by atoms with Crippen molar-refractivity contribution in [2.24, 2.45) is 4.99 Å². The van der Waals surface area contributed by atoms with Crippen molar-refractivity contribution in [1.82, 2.24) is 0 Å². The van der Waals surface area contributed by atoms with E-state index in [-0.39, 0.29) is 10.7 Å². The van der Waals surface area contributed by atoms with E-state index in [1.54, 1.807) is 13.0 Å². The Kier molecular flexibility index (Phi) is 3.62. The number of aryl methyl sites for hydroxylation is 1. The largest absolute Gasteiger partial charge is 0.444 e. The molecular weight excluding hydrogens is 250 g/mol. The van der Waals surface area contributed by atoms with Crippen LogP contribution in [-0.4, -0.2) is 11.3 Å². The Balaban J connectivity index is 3.09. The van der Waals surface area contributed by atoms with E-state index in [1.165, 1.54) is 12.1 Å². The molecule has 1 aromatic rings. The minimum atomic E-state index is -4.64. The summed E-state index contributed by atoms with van der Waals surface area (Å²) in [5.74, 6) is 0. The van der Waals surface area contributed by atoms with Gasteiger partial charge in [0.05, 0.1) is 10.7 Å². The number of benzene rings is 1. The van der Waals surface area contributed by atoms with Crippen LogP contribution in [0, 0.1) is 6.92 Å². The van der Waals surface area contributed by atoms with Crippen LogP contribution in [0.3, 0.4) is 0 Å². The number of halogens is 5. The average Bonchev–Trinajstić information content (AvgIpc) is 2.08. The Bertz CT molecular complexity index is 399. The topological polar surface area (TPSA) is 12.4 Å².